The summed E-state index contributed by atoms with van der Waals surface area (Å²) in [6, 6.07) is 2.14. The lowest BCUT2D eigenvalue weighted by molar-refractivity contribution is 0.902. The molecule has 5 heteroatoms. The van der Waals surface area contributed by atoms with E-state index in [2.05, 4.69) is 36.8 Å². The van der Waals surface area contributed by atoms with Gasteiger partial charge in [-0.2, -0.15) is 0 Å². The van der Waals surface area contributed by atoms with Gasteiger partial charge in [0, 0.05) is 15.5 Å². The molecule has 2 rings (SSSR count). The average Bonchev–Trinajstić information content (AvgIpc) is 2.58. The van der Waals surface area contributed by atoms with E-state index in [1.165, 1.54) is 4.88 Å². The molecule has 0 saturated heterocycles. The Morgan fingerprint density at radius 1 is 1.50 bits per heavy atom. The van der Waals surface area contributed by atoms with Crippen molar-refractivity contribution in [3.63, 3.8) is 0 Å². The maximum atomic E-state index is 5.72. The molecule has 0 aliphatic carbocycles. The van der Waals surface area contributed by atoms with Crippen LogP contribution in [0.3, 0.4) is 0 Å². The second kappa shape index (κ2) is 4.59. The lowest BCUT2D eigenvalue weighted by Crippen LogP contribution is -1.99. The molecule has 3 nitrogen and oxygen atoms in total. The minimum Gasteiger partial charge on any atom is -0.368 e. The summed E-state index contributed by atoms with van der Waals surface area (Å²) >= 11 is 3.45. The zero-order valence-corrected chi connectivity index (χ0v) is 11.3. The second-order valence-electron chi connectivity index (χ2n) is 3.80. The van der Waals surface area contributed by atoms with Crippen molar-refractivity contribution >= 4 is 39.3 Å². The molecule has 0 amide bonds. The number of nitrogens with zero attached hydrogens (tertiary/aromatic N) is 2. The van der Waals surface area contributed by atoms with Crippen LogP contribution in [0.15, 0.2) is 11.1 Å². The lowest BCUT2D eigenvalue weighted by Gasteiger charge is -2.08. The molecule has 0 bridgehead atoms. The summed E-state index contributed by atoms with van der Waals surface area (Å²) in [4.78, 5) is 10.8. The highest BCUT2D eigenvalue weighted by atomic mass is 32.2. The SMILES string of the molecule is CCC(C)Sc1nc(N)nc2sc(C)cc12. The summed E-state index contributed by atoms with van der Waals surface area (Å²) in [6.45, 7) is 6.46. The van der Waals surface area contributed by atoms with Crippen LogP contribution in [0.2, 0.25) is 0 Å². The Kier molecular flexibility index (Phi) is 3.35. The molecule has 1 unspecified atom stereocenters. The van der Waals surface area contributed by atoms with E-state index in [-0.39, 0.29) is 0 Å². The Morgan fingerprint density at radius 2 is 2.25 bits per heavy atom. The lowest BCUT2D eigenvalue weighted by atomic mass is 10.4. The number of anilines is 1. The van der Waals surface area contributed by atoms with Gasteiger partial charge in [-0.1, -0.05) is 13.8 Å². The third kappa shape index (κ3) is 2.30. The Balaban J connectivity index is 2.49. The van der Waals surface area contributed by atoms with Gasteiger partial charge in [-0.05, 0) is 19.4 Å². The fraction of sp³-hybridized carbons (Fsp3) is 0.455. The number of aryl methyl sites for hydroxylation is 1. The average molecular weight is 253 g/mol. The van der Waals surface area contributed by atoms with Gasteiger partial charge >= 0.3 is 0 Å². The third-order valence-corrected chi connectivity index (χ3v) is 4.60. The molecule has 16 heavy (non-hydrogen) atoms. The Hall–Kier alpha value is -0.810. The highest BCUT2D eigenvalue weighted by Gasteiger charge is 2.12. The quantitative estimate of drug-likeness (QED) is 0.672. The standard InChI is InChI=1S/C11H15N3S2/c1-4-6(2)15-9-8-5-7(3)16-10(8)14-11(12)13-9/h5-6H,4H2,1-3H3,(H2,12,13,14). The number of hydrogen-bond donors (Lipinski definition) is 1. The first kappa shape index (κ1) is 11.7. The highest BCUT2D eigenvalue weighted by Crippen LogP contribution is 2.34. The van der Waals surface area contributed by atoms with Crippen LogP contribution in [0, 0.1) is 6.92 Å². The molecule has 0 aliphatic rings. The molecular formula is C11H15N3S2. The molecule has 2 aromatic heterocycles. The molecule has 2 heterocycles. The van der Waals surface area contributed by atoms with Gasteiger partial charge in [-0.3, -0.25) is 0 Å². The fourth-order valence-electron chi connectivity index (χ4n) is 1.40. The van der Waals surface area contributed by atoms with Crippen molar-refractivity contribution in [1.82, 2.24) is 9.97 Å². The summed E-state index contributed by atoms with van der Waals surface area (Å²) in [5.41, 5.74) is 5.72. The Labute approximate surface area is 103 Å². The van der Waals surface area contributed by atoms with Gasteiger partial charge in [-0.15, -0.1) is 23.1 Å². The molecule has 0 aliphatic heterocycles. The van der Waals surface area contributed by atoms with E-state index >= 15 is 0 Å². The van der Waals surface area contributed by atoms with Gasteiger partial charge in [0.05, 0.1) is 0 Å². The van der Waals surface area contributed by atoms with Crippen LogP contribution in [0.1, 0.15) is 25.1 Å². The summed E-state index contributed by atoms with van der Waals surface area (Å²) in [6.07, 6.45) is 1.12. The molecule has 0 fully saturated rings. The number of rotatable bonds is 3. The van der Waals surface area contributed by atoms with E-state index in [4.69, 9.17) is 5.73 Å². The molecule has 0 spiro atoms. The first-order valence-corrected chi connectivity index (χ1v) is 7.00. The van der Waals surface area contributed by atoms with E-state index in [0.29, 0.717) is 11.2 Å². The third-order valence-electron chi connectivity index (χ3n) is 2.39. The Bertz CT molecular complexity index is 507. The van der Waals surface area contributed by atoms with Gasteiger partial charge in [0.1, 0.15) is 9.86 Å². The molecule has 2 aromatic rings. The number of nitrogens with two attached hydrogens (primary N) is 1. The zero-order valence-electron chi connectivity index (χ0n) is 9.65. The van der Waals surface area contributed by atoms with Crippen molar-refractivity contribution in [2.45, 2.75) is 37.5 Å². The molecular weight excluding hydrogens is 238 g/mol. The summed E-state index contributed by atoms with van der Waals surface area (Å²) in [5.74, 6) is 0.375. The van der Waals surface area contributed by atoms with E-state index in [9.17, 15) is 0 Å². The summed E-state index contributed by atoms with van der Waals surface area (Å²) in [5, 5.41) is 2.71. The molecule has 0 radical (unpaired) electrons. The van der Waals surface area contributed by atoms with E-state index in [1.54, 1.807) is 23.1 Å². The number of thioether (sulfide) groups is 1. The number of nitrogen functional groups attached to an aromatic ring is 1. The summed E-state index contributed by atoms with van der Waals surface area (Å²) < 4.78 is 0. The van der Waals surface area contributed by atoms with Crippen LogP contribution in [0.5, 0.6) is 0 Å². The van der Waals surface area contributed by atoms with Crippen LogP contribution >= 0.6 is 23.1 Å². The summed E-state index contributed by atoms with van der Waals surface area (Å²) in [7, 11) is 0. The highest BCUT2D eigenvalue weighted by molar-refractivity contribution is 8.00. The topological polar surface area (TPSA) is 51.8 Å². The molecule has 2 N–H and O–H groups in total. The van der Waals surface area contributed by atoms with Crippen molar-refractivity contribution in [2.24, 2.45) is 0 Å². The molecule has 86 valence electrons. The maximum absolute atomic E-state index is 5.72. The normalized spacial score (nSPS) is 13.2. The van der Waals surface area contributed by atoms with Crippen LogP contribution < -0.4 is 5.73 Å². The number of aromatic nitrogens is 2. The largest absolute Gasteiger partial charge is 0.368 e. The van der Waals surface area contributed by atoms with Crippen LogP contribution in [0.4, 0.5) is 5.95 Å². The minimum absolute atomic E-state index is 0.375. The fourth-order valence-corrected chi connectivity index (χ4v) is 3.32. The van der Waals surface area contributed by atoms with Crippen molar-refractivity contribution < 1.29 is 0 Å². The smallest absolute Gasteiger partial charge is 0.222 e. The Morgan fingerprint density at radius 3 is 2.94 bits per heavy atom. The van der Waals surface area contributed by atoms with Gasteiger partial charge < -0.3 is 5.73 Å². The molecule has 0 aromatic carbocycles. The maximum Gasteiger partial charge on any atom is 0.222 e. The molecule has 1 atom stereocenters. The van der Waals surface area contributed by atoms with Gasteiger partial charge in [-0.25, -0.2) is 9.97 Å². The van der Waals surface area contributed by atoms with Gasteiger partial charge in [0.25, 0.3) is 0 Å². The monoisotopic (exact) mass is 253 g/mol. The van der Waals surface area contributed by atoms with Gasteiger partial charge in [0.15, 0.2) is 0 Å². The second-order valence-corrected chi connectivity index (χ2v) is 6.46. The van der Waals surface area contributed by atoms with Crippen molar-refractivity contribution in [3.05, 3.63) is 10.9 Å². The first-order chi connectivity index (χ1) is 7.60. The van der Waals surface area contributed by atoms with E-state index < -0.39 is 0 Å². The predicted octanol–water partition coefficient (Wildman–Crippen LogP) is 3.47. The van der Waals surface area contributed by atoms with Crippen molar-refractivity contribution in [1.29, 1.82) is 0 Å². The van der Waals surface area contributed by atoms with E-state index in [0.717, 1.165) is 21.7 Å². The minimum atomic E-state index is 0.375. The number of fused-ring (bicyclic) bond motifs is 1. The van der Waals surface area contributed by atoms with Crippen molar-refractivity contribution in [3.8, 4) is 0 Å². The van der Waals surface area contributed by atoms with Crippen molar-refractivity contribution in [2.75, 3.05) is 5.73 Å². The molecule has 0 saturated carbocycles. The number of hydrogen-bond acceptors (Lipinski definition) is 5. The zero-order chi connectivity index (χ0) is 11.7. The first-order valence-electron chi connectivity index (χ1n) is 5.30. The predicted molar refractivity (Wildman–Crippen MR) is 72.2 cm³/mol. The van der Waals surface area contributed by atoms with Gasteiger partial charge in [0.2, 0.25) is 5.95 Å². The van der Waals surface area contributed by atoms with Crippen LogP contribution in [-0.2, 0) is 0 Å². The van der Waals surface area contributed by atoms with Crippen LogP contribution in [0.25, 0.3) is 10.2 Å². The van der Waals surface area contributed by atoms with Crippen LogP contribution in [-0.4, -0.2) is 15.2 Å². The van der Waals surface area contributed by atoms with E-state index in [1.807, 2.05) is 0 Å². The number of thiophene rings is 1.